The van der Waals surface area contributed by atoms with Crippen LogP contribution in [0.2, 0.25) is 5.02 Å². The number of halogens is 1. The summed E-state index contributed by atoms with van der Waals surface area (Å²) in [5, 5.41) is 9.46. The van der Waals surface area contributed by atoms with Crippen molar-refractivity contribution in [2.75, 3.05) is 17.2 Å². The molecule has 4 aromatic heterocycles. The molecule has 0 saturated carbocycles. The van der Waals surface area contributed by atoms with Gasteiger partial charge >= 0.3 is 0 Å². The van der Waals surface area contributed by atoms with Crippen LogP contribution in [0.3, 0.4) is 0 Å². The van der Waals surface area contributed by atoms with Gasteiger partial charge in [-0.3, -0.25) is 9.36 Å². The Labute approximate surface area is 193 Å². The number of fused-ring (bicyclic) bond motifs is 2. The molecule has 1 atom stereocenters. The van der Waals surface area contributed by atoms with Gasteiger partial charge in [-0.25, -0.2) is 4.52 Å². The summed E-state index contributed by atoms with van der Waals surface area (Å²) in [5.74, 6) is 1.30. The molecule has 1 aromatic carbocycles. The lowest BCUT2D eigenvalue weighted by Gasteiger charge is -2.41. The molecule has 1 aliphatic heterocycles. The molecule has 5 heterocycles. The maximum Gasteiger partial charge on any atom is 0.284 e. The Morgan fingerprint density at radius 1 is 1.09 bits per heavy atom. The summed E-state index contributed by atoms with van der Waals surface area (Å²) in [7, 11) is 0. The molecule has 5 aromatic rings. The smallest absolute Gasteiger partial charge is 0.284 e. The Hall–Kier alpha value is -3.57. The van der Waals surface area contributed by atoms with Gasteiger partial charge in [0.15, 0.2) is 11.5 Å². The average Bonchev–Trinajstić information content (AvgIpc) is 3.35. The van der Waals surface area contributed by atoms with E-state index in [0.29, 0.717) is 40.2 Å². The van der Waals surface area contributed by atoms with Crippen molar-refractivity contribution in [3.05, 3.63) is 76.1 Å². The normalized spacial score (nSPS) is 15.7. The molecule has 12 heteroatoms. The van der Waals surface area contributed by atoms with Crippen LogP contribution in [0.15, 0.2) is 59.7 Å². The first-order chi connectivity index (χ1) is 15.1. The molecule has 162 valence electrons. The Kier molecular flexibility index (Phi) is 4.79. The van der Waals surface area contributed by atoms with Crippen molar-refractivity contribution in [3.8, 4) is 5.69 Å². The number of rotatable bonds is 3. The lowest BCUT2D eigenvalue weighted by Crippen LogP contribution is -2.46. The summed E-state index contributed by atoms with van der Waals surface area (Å²) >= 11 is 6.28. The number of nitrogens with zero attached hydrogens (tertiary/aromatic N) is 8. The van der Waals surface area contributed by atoms with Gasteiger partial charge in [0.2, 0.25) is 11.9 Å². The largest absolute Gasteiger partial charge is 0.368 e. The Bertz CT molecular complexity index is 1510. The first kappa shape index (κ1) is 20.3. The van der Waals surface area contributed by atoms with E-state index in [9.17, 15) is 4.79 Å². The predicted molar refractivity (Wildman–Crippen MR) is 126 cm³/mol. The molecule has 0 amide bonds. The third-order valence-electron chi connectivity index (χ3n) is 5.51. The molecule has 0 radical (unpaired) electrons. The highest BCUT2D eigenvalue weighted by molar-refractivity contribution is 7.59. The van der Waals surface area contributed by atoms with E-state index in [-0.39, 0.29) is 31.0 Å². The molecule has 1 fully saturated rings. The van der Waals surface area contributed by atoms with Gasteiger partial charge < -0.3 is 10.6 Å². The number of nitrogen functional groups attached to an aromatic ring is 1. The summed E-state index contributed by atoms with van der Waals surface area (Å²) in [6, 6.07) is 12.6. The number of anilines is 2. The third kappa shape index (κ3) is 2.93. The topological polar surface area (TPSA) is 112 Å². The van der Waals surface area contributed by atoms with Gasteiger partial charge in [0, 0.05) is 18.8 Å². The lowest BCUT2D eigenvalue weighted by atomic mass is 10.0. The fraction of sp³-hybridized carbons (Fsp3) is 0.150. The van der Waals surface area contributed by atoms with Crippen molar-refractivity contribution in [1.82, 2.24) is 33.8 Å². The molecule has 2 N–H and O–H groups in total. The first-order valence-electron chi connectivity index (χ1n) is 9.71. The van der Waals surface area contributed by atoms with Gasteiger partial charge in [-0.1, -0.05) is 29.8 Å². The highest BCUT2D eigenvalue weighted by Gasteiger charge is 2.37. The average molecular weight is 468 g/mol. The Morgan fingerprint density at radius 3 is 2.66 bits per heavy atom. The summed E-state index contributed by atoms with van der Waals surface area (Å²) in [6.45, 7) is 0.714. The summed E-state index contributed by atoms with van der Waals surface area (Å²) < 4.78 is 4.79. The minimum atomic E-state index is -0.232. The SMILES string of the molecule is Nc1nc(N2CC[C@H]2c2nn3ccc(Cl)c3c(=O)n2-c2ccccc2)n2nccc2n1.S. The van der Waals surface area contributed by atoms with Crippen molar-refractivity contribution >= 4 is 48.2 Å². The summed E-state index contributed by atoms with van der Waals surface area (Å²) in [4.78, 5) is 24.1. The minimum Gasteiger partial charge on any atom is -0.368 e. The van der Waals surface area contributed by atoms with E-state index in [4.69, 9.17) is 22.4 Å². The van der Waals surface area contributed by atoms with Crippen LogP contribution < -0.4 is 16.2 Å². The van der Waals surface area contributed by atoms with Gasteiger partial charge in [-0.2, -0.15) is 38.2 Å². The highest BCUT2D eigenvalue weighted by Crippen LogP contribution is 2.36. The van der Waals surface area contributed by atoms with Gasteiger partial charge in [0.25, 0.3) is 5.56 Å². The van der Waals surface area contributed by atoms with E-state index in [1.807, 2.05) is 35.2 Å². The second-order valence-electron chi connectivity index (χ2n) is 7.27. The number of hydrogen-bond acceptors (Lipinski definition) is 7. The lowest BCUT2D eigenvalue weighted by molar-refractivity contribution is 0.415. The predicted octanol–water partition coefficient (Wildman–Crippen LogP) is 2.22. The van der Waals surface area contributed by atoms with Crippen LogP contribution in [0.25, 0.3) is 16.9 Å². The van der Waals surface area contributed by atoms with E-state index in [1.54, 1.807) is 33.6 Å². The minimum absolute atomic E-state index is 0. The molecule has 10 nitrogen and oxygen atoms in total. The zero-order valence-electron chi connectivity index (χ0n) is 16.6. The van der Waals surface area contributed by atoms with Crippen LogP contribution in [0.1, 0.15) is 18.3 Å². The van der Waals surface area contributed by atoms with Crippen molar-refractivity contribution in [1.29, 1.82) is 0 Å². The van der Waals surface area contributed by atoms with Crippen LogP contribution in [0, 0.1) is 0 Å². The van der Waals surface area contributed by atoms with Crippen LogP contribution in [0.5, 0.6) is 0 Å². The number of nitrogens with two attached hydrogens (primary N) is 1. The van der Waals surface area contributed by atoms with Crippen LogP contribution in [-0.4, -0.2) is 40.3 Å². The van der Waals surface area contributed by atoms with Gasteiger partial charge in [-0.15, -0.1) is 0 Å². The molecule has 32 heavy (non-hydrogen) atoms. The maximum absolute atomic E-state index is 13.5. The summed E-state index contributed by atoms with van der Waals surface area (Å²) in [6.07, 6.45) is 4.12. The number of benzene rings is 1. The van der Waals surface area contributed by atoms with Gasteiger partial charge in [0.05, 0.1) is 22.9 Å². The maximum atomic E-state index is 13.5. The van der Waals surface area contributed by atoms with Crippen molar-refractivity contribution < 1.29 is 0 Å². The monoisotopic (exact) mass is 467 g/mol. The Balaban J connectivity index is 0.00000216. The van der Waals surface area contributed by atoms with E-state index in [0.717, 1.165) is 6.42 Å². The van der Waals surface area contributed by atoms with Crippen LogP contribution >= 0.6 is 25.1 Å². The quantitative estimate of drug-likeness (QED) is 0.433. The fourth-order valence-electron chi connectivity index (χ4n) is 4.00. The number of hydrogen-bond donors (Lipinski definition) is 1. The van der Waals surface area contributed by atoms with Crippen molar-refractivity contribution in [2.24, 2.45) is 0 Å². The van der Waals surface area contributed by atoms with Crippen molar-refractivity contribution in [2.45, 2.75) is 12.5 Å². The second kappa shape index (κ2) is 7.53. The zero-order chi connectivity index (χ0) is 21.1. The molecule has 0 bridgehead atoms. The number of para-hydroxylation sites is 1. The Morgan fingerprint density at radius 2 is 1.91 bits per heavy atom. The molecular weight excluding hydrogens is 450 g/mol. The van der Waals surface area contributed by atoms with E-state index in [1.165, 1.54) is 4.52 Å². The molecule has 0 spiro atoms. The third-order valence-corrected chi connectivity index (χ3v) is 5.81. The second-order valence-corrected chi connectivity index (χ2v) is 7.68. The molecule has 0 aliphatic carbocycles. The standard InChI is InChI=1S/C20H16ClN9O.H2S/c21-13-7-11-28-16(13)18(31)29(12-4-2-1-3-5-12)17(26-28)14-8-10-27(14)20-25-19(22)24-15-6-9-23-30(15)20;/h1-7,9,11,14H,8,10H2,(H2,22,24);1H2/t14-;/m0./s1. The van der Waals surface area contributed by atoms with Crippen LogP contribution in [-0.2, 0) is 0 Å². The van der Waals surface area contributed by atoms with Gasteiger partial charge in [0.1, 0.15) is 5.52 Å². The van der Waals surface area contributed by atoms with Gasteiger partial charge in [-0.05, 0) is 24.6 Å². The highest BCUT2D eigenvalue weighted by atomic mass is 35.5. The number of aromatic nitrogens is 7. The molecular formula is C20H18ClN9OS. The van der Waals surface area contributed by atoms with E-state index in [2.05, 4.69) is 15.1 Å². The molecule has 6 rings (SSSR count). The van der Waals surface area contributed by atoms with Crippen molar-refractivity contribution in [3.63, 3.8) is 0 Å². The van der Waals surface area contributed by atoms with Crippen LogP contribution in [0.4, 0.5) is 11.9 Å². The molecule has 0 unspecified atom stereocenters. The molecule has 1 aliphatic rings. The molecule has 1 saturated heterocycles. The van der Waals surface area contributed by atoms with E-state index < -0.39 is 0 Å². The fourth-order valence-corrected chi connectivity index (χ4v) is 4.22. The van der Waals surface area contributed by atoms with E-state index >= 15 is 0 Å². The zero-order valence-corrected chi connectivity index (χ0v) is 18.4. The summed E-state index contributed by atoms with van der Waals surface area (Å²) in [5.41, 5.74) is 7.35. The first-order valence-corrected chi connectivity index (χ1v) is 10.1.